The van der Waals surface area contributed by atoms with Gasteiger partial charge in [0.1, 0.15) is 23.0 Å². The number of para-hydroxylation sites is 1. The van der Waals surface area contributed by atoms with E-state index in [1.165, 1.54) is 0 Å². The molecule has 0 saturated carbocycles. The molecule has 0 aromatic heterocycles. The average Bonchev–Trinajstić information content (AvgIpc) is 2.73. The van der Waals surface area contributed by atoms with Crippen LogP contribution in [0.5, 0.6) is 23.0 Å². The molecule has 4 aromatic rings. The molecule has 0 aliphatic rings. The number of hydrogen-bond donors (Lipinski definition) is 4. The summed E-state index contributed by atoms with van der Waals surface area (Å²) in [7, 11) is 0. The molecule has 0 radical (unpaired) electrons. The largest absolute Gasteiger partial charge is 0.508 e. The molecule has 0 aliphatic heterocycles. The van der Waals surface area contributed by atoms with Crippen LogP contribution in [-0.2, 0) is 0 Å². The van der Waals surface area contributed by atoms with Gasteiger partial charge in [0.25, 0.3) is 0 Å². The van der Waals surface area contributed by atoms with Crippen LogP contribution in [0.1, 0.15) is 5.56 Å². The van der Waals surface area contributed by atoms with Gasteiger partial charge < -0.3 is 20.4 Å². The first kappa shape index (κ1) is 19.8. The smallest absolute Gasteiger partial charge is 0.119 e. The topological polar surface area (TPSA) is 80.9 Å². The van der Waals surface area contributed by atoms with Crippen LogP contribution in [-0.4, -0.2) is 20.4 Å². The highest BCUT2D eigenvalue weighted by molar-refractivity contribution is 5.87. The van der Waals surface area contributed by atoms with Gasteiger partial charge in [0, 0.05) is 0 Å². The number of aromatic hydroxyl groups is 4. The first-order valence-corrected chi connectivity index (χ1v) is 9.11. The number of hydrogen-bond acceptors (Lipinski definition) is 4. The van der Waals surface area contributed by atoms with E-state index in [0.717, 1.165) is 27.8 Å². The lowest BCUT2D eigenvalue weighted by molar-refractivity contribution is 0.471. The number of benzene rings is 4. The van der Waals surface area contributed by atoms with Gasteiger partial charge in [0.05, 0.1) is 0 Å². The fourth-order valence-electron chi connectivity index (χ4n) is 3.01. The van der Waals surface area contributed by atoms with Crippen molar-refractivity contribution < 1.29 is 20.4 Å². The molecule has 4 N–H and O–H groups in total. The molecule has 29 heavy (non-hydrogen) atoms. The number of phenols is 4. The van der Waals surface area contributed by atoms with E-state index in [-0.39, 0.29) is 17.2 Å². The molecule has 4 rings (SSSR count). The average molecular weight is 386 g/mol. The molecule has 0 bridgehead atoms. The lowest BCUT2D eigenvalue weighted by Crippen LogP contribution is -1.90. The van der Waals surface area contributed by atoms with Crippen LogP contribution in [0.15, 0.2) is 91.0 Å². The molecular formula is C25H22O4. The minimum absolute atomic E-state index is 0.202. The van der Waals surface area contributed by atoms with Crippen molar-refractivity contribution in [3.05, 3.63) is 96.6 Å². The van der Waals surface area contributed by atoms with E-state index in [1.54, 1.807) is 54.6 Å². The molecule has 0 saturated heterocycles. The maximum Gasteiger partial charge on any atom is 0.119 e. The van der Waals surface area contributed by atoms with E-state index < -0.39 is 0 Å². The highest BCUT2D eigenvalue weighted by Crippen LogP contribution is 2.39. The Morgan fingerprint density at radius 3 is 1.45 bits per heavy atom. The Labute approximate surface area is 169 Å². The molecule has 4 heteroatoms. The molecule has 0 aliphatic carbocycles. The van der Waals surface area contributed by atoms with Gasteiger partial charge >= 0.3 is 0 Å². The molecule has 0 fully saturated rings. The summed E-state index contributed by atoms with van der Waals surface area (Å²) in [5, 5.41) is 37.6. The molecule has 0 spiro atoms. The lowest BCUT2D eigenvalue weighted by Gasteiger charge is -2.15. The van der Waals surface area contributed by atoms with Gasteiger partial charge in [0.15, 0.2) is 0 Å². The zero-order valence-corrected chi connectivity index (χ0v) is 15.9. The third-order valence-electron chi connectivity index (χ3n) is 4.53. The number of rotatable bonds is 2. The second kappa shape index (κ2) is 8.85. The first-order valence-electron chi connectivity index (χ1n) is 9.11. The van der Waals surface area contributed by atoms with E-state index in [0.29, 0.717) is 5.75 Å². The van der Waals surface area contributed by atoms with Gasteiger partial charge in [-0.25, -0.2) is 0 Å². The second-order valence-electron chi connectivity index (χ2n) is 6.56. The molecule has 0 unspecified atom stereocenters. The van der Waals surface area contributed by atoms with Crippen LogP contribution >= 0.6 is 0 Å². The van der Waals surface area contributed by atoms with Crippen molar-refractivity contribution in [2.45, 2.75) is 6.92 Å². The Bertz CT molecular complexity index is 1070. The van der Waals surface area contributed by atoms with Crippen LogP contribution in [0.2, 0.25) is 0 Å². The Morgan fingerprint density at radius 1 is 0.483 bits per heavy atom. The molecular weight excluding hydrogens is 364 g/mol. The van der Waals surface area contributed by atoms with E-state index in [1.807, 2.05) is 43.3 Å². The molecule has 0 atom stereocenters. The summed E-state index contributed by atoms with van der Waals surface area (Å²) < 4.78 is 0. The summed E-state index contributed by atoms with van der Waals surface area (Å²) >= 11 is 0. The van der Waals surface area contributed by atoms with Crippen molar-refractivity contribution in [2.75, 3.05) is 0 Å². The van der Waals surface area contributed by atoms with E-state index in [2.05, 4.69) is 0 Å². The zero-order chi connectivity index (χ0) is 20.8. The van der Waals surface area contributed by atoms with Gasteiger partial charge in [-0.3, -0.25) is 0 Å². The van der Waals surface area contributed by atoms with Crippen molar-refractivity contribution >= 4 is 0 Å². The quantitative estimate of drug-likeness (QED) is 0.349. The highest BCUT2D eigenvalue weighted by Gasteiger charge is 2.13. The van der Waals surface area contributed by atoms with E-state index in [4.69, 9.17) is 5.11 Å². The molecule has 4 aromatic carbocycles. The van der Waals surface area contributed by atoms with Crippen LogP contribution in [0, 0.1) is 6.92 Å². The van der Waals surface area contributed by atoms with Gasteiger partial charge in [-0.1, -0.05) is 48.5 Å². The standard InChI is InChI=1S/C19H16O3.C6H6O/c1-12-18(22)11-10-17(13-2-6-15(20)7-3-13)19(12)14-4-8-16(21)9-5-14;7-6-4-2-1-3-5-6/h2-11,20-22H,1H3;1-5,7H. The Kier molecular flexibility index (Phi) is 6.05. The highest BCUT2D eigenvalue weighted by atomic mass is 16.3. The Hall–Kier alpha value is -3.92. The second-order valence-corrected chi connectivity index (χ2v) is 6.56. The summed E-state index contributed by atoms with van der Waals surface area (Å²) in [4.78, 5) is 0. The van der Waals surface area contributed by atoms with Crippen molar-refractivity contribution in [2.24, 2.45) is 0 Å². The van der Waals surface area contributed by atoms with Gasteiger partial charge in [0.2, 0.25) is 0 Å². The third kappa shape index (κ3) is 4.87. The van der Waals surface area contributed by atoms with Gasteiger partial charge in [-0.05, 0) is 77.2 Å². The molecule has 4 nitrogen and oxygen atoms in total. The SMILES string of the molecule is Cc1c(O)ccc(-c2ccc(O)cc2)c1-c1ccc(O)cc1.Oc1ccccc1. The summed E-state index contributed by atoms with van der Waals surface area (Å²) in [6, 6.07) is 26.1. The lowest BCUT2D eigenvalue weighted by atomic mass is 9.90. The molecule has 0 amide bonds. The first-order chi connectivity index (χ1) is 14.0. The number of phenolic OH excluding ortho intramolecular Hbond substituents is 4. The third-order valence-corrected chi connectivity index (χ3v) is 4.53. The fourth-order valence-corrected chi connectivity index (χ4v) is 3.01. The zero-order valence-electron chi connectivity index (χ0n) is 15.9. The fraction of sp³-hybridized carbons (Fsp3) is 0.0400. The van der Waals surface area contributed by atoms with Crippen molar-refractivity contribution in [1.82, 2.24) is 0 Å². The van der Waals surface area contributed by atoms with Gasteiger partial charge in [-0.2, -0.15) is 0 Å². The van der Waals surface area contributed by atoms with Crippen molar-refractivity contribution in [3.8, 4) is 45.3 Å². The van der Waals surface area contributed by atoms with Crippen LogP contribution in [0.4, 0.5) is 0 Å². The van der Waals surface area contributed by atoms with Gasteiger partial charge in [-0.15, -0.1) is 0 Å². The van der Waals surface area contributed by atoms with Crippen LogP contribution in [0.3, 0.4) is 0 Å². The Morgan fingerprint density at radius 2 is 0.966 bits per heavy atom. The molecule has 146 valence electrons. The summed E-state index contributed by atoms with van der Waals surface area (Å²) in [6.45, 7) is 1.86. The summed E-state index contributed by atoms with van der Waals surface area (Å²) in [6.07, 6.45) is 0. The van der Waals surface area contributed by atoms with E-state index >= 15 is 0 Å². The molecule has 0 heterocycles. The Balaban J connectivity index is 0.000000290. The minimum Gasteiger partial charge on any atom is -0.508 e. The monoisotopic (exact) mass is 386 g/mol. The minimum atomic E-state index is 0.202. The predicted octanol–water partition coefficient (Wildman–Crippen LogP) is 5.84. The van der Waals surface area contributed by atoms with Crippen molar-refractivity contribution in [1.29, 1.82) is 0 Å². The van der Waals surface area contributed by atoms with Crippen LogP contribution in [0.25, 0.3) is 22.3 Å². The summed E-state index contributed by atoms with van der Waals surface area (Å²) in [5.74, 6) is 0.964. The van der Waals surface area contributed by atoms with E-state index in [9.17, 15) is 15.3 Å². The maximum atomic E-state index is 10.0. The summed E-state index contributed by atoms with van der Waals surface area (Å²) in [5.41, 5.74) is 4.50. The predicted molar refractivity (Wildman–Crippen MR) is 115 cm³/mol. The van der Waals surface area contributed by atoms with Crippen molar-refractivity contribution in [3.63, 3.8) is 0 Å². The van der Waals surface area contributed by atoms with Crippen LogP contribution < -0.4 is 0 Å². The normalized spacial score (nSPS) is 10.1. The maximum absolute atomic E-state index is 10.0.